The minimum Gasteiger partial charge on any atom is -0.365 e. The second-order valence-electron chi connectivity index (χ2n) is 8.95. The lowest BCUT2D eigenvalue weighted by Crippen LogP contribution is -2.43. The molecule has 0 bridgehead atoms. The van der Waals surface area contributed by atoms with Crippen molar-refractivity contribution in [1.82, 2.24) is 19.8 Å². The molecule has 1 fully saturated rings. The van der Waals surface area contributed by atoms with Crippen LogP contribution in [0, 0.1) is 11.7 Å². The number of carbonyl (C=O) groups excluding carboxylic acids is 2. The quantitative estimate of drug-likeness (QED) is 0.576. The molecular weight excluding hydrogens is 471 g/mol. The first-order valence-electron chi connectivity index (χ1n) is 11.7. The largest absolute Gasteiger partial charge is 0.365 e. The van der Waals surface area contributed by atoms with Crippen molar-refractivity contribution in [1.29, 1.82) is 0 Å². The zero-order valence-electron chi connectivity index (χ0n) is 19.1. The fourth-order valence-corrected chi connectivity index (χ4v) is 4.74. The average molecular weight is 497 g/mol. The van der Waals surface area contributed by atoms with E-state index in [1.54, 1.807) is 23.4 Å². The number of fused-ring (bicyclic) bond motifs is 1. The van der Waals surface area contributed by atoms with Gasteiger partial charge in [-0.15, -0.1) is 0 Å². The van der Waals surface area contributed by atoms with Crippen molar-refractivity contribution in [3.63, 3.8) is 0 Å². The van der Waals surface area contributed by atoms with Gasteiger partial charge in [0.25, 0.3) is 5.91 Å². The summed E-state index contributed by atoms with van der Waals surface area (Å²) in [6.07, 6.45) is 2.75. The number of amides is 2. The standard InChI is InChI=1S/C26H26ClFN4O3/c27-20-5-3-18(4-6-20)23-14-32-16-30-24(22(32)15-35-23)26(34)31-11-9-19(10-12-31)25(33)29-13-17-1-7-21(28)8-2-17/h1-8,16,19,23H,9-15H2,(H,29,33). The van der Waals surface area contributed by atoms with Gasteiger partial charge in [-0.3, -0.25) is 9.59 Å². The molecule has 1 N–H and O–H groups in total. The van der Waals surface area contributed by atoms with E-state index in [0.29, 0.717) is 56.3 Å². The van der Waals surface area contributed by atoms with Crippen LogP contribution in [0.3, 0.4) is 0 Å². The highest BCUT2D eigenvalue weighted by Crippen LogP contribution is 2.29. The number of carbonyl (C=O) groups is 2. The Morgan fingerprint density at radius 1 is 1.09 bits per heavy atom. The Bertz CT molecular complexity index is 1200. The Kier molecular flexibility index (Phi) is 6.83. The molecule has 0 saturated carbocycles. The third-order valence-corrected chi connectivity index (χ3v) is 6.96. The lowest BCUT2D eigenvalue weighted by Gasteiger charge is -2.31. The molecule has 1 aromatic heterocycles. The highest BCUT2D eigenvalue weighted by atomic mass is 35.5. The van der Waals surface area contributed by atoms with E-state index < -0.39 is 0 Å². The van der Waals surface area contributed by atoms with Crippen molar-refractivity contribution in [2.45, 2.75) is 38.6 Å². The fraction of sp³-hybridized carbons (Fsp3) is 0.346. The van der Waals surface area contributed by atoms with Gasteiger partial charge in [-0.25, -0.2) is 9.37 Å². The van der Waals surface area contributed by atoms with Gasteiger partial charge >= 0.3 is 0 Å². The molecule has 7 nitrogen and oxygen atoms in total. The molecule has 2 amide bonds. The summed E-state index contributed by atoms with van der Waals surface area (Å²) in [6, 6.07) is 13.6. The summed E-state index contributed by atoms with van der Waals surface area (Å²) in [6.45, 7) is 2.22. The molecule has 0 radical (unpaired) electrons. The van der Waals surface area contributed by atoms with Gasteiger partial charge in [-0.2, -0.15) is 0 Å². The van der Waals surface area contributed by atoms with E-state index in [1.165, 1.54) is 12.1 Å². The van der Waals surface area contributed by atoms with E-state index in [-0.39, 0.29) is 29.7 Å². The van der Waals surface area contributed by atoms with Gasteiger partial charge in [0.05, 0.1) is 25.2 Å². The summed E-state index contributed by atoms with van der Waals surface area (Å²) in [5, 5.41) is 3.59. The summed E-state index contributed by atoms with van der Waals surface area (Å²) in [5.74, 6) is -0.622. The van der Waals surface area contributed by atoms with Crippen LogP contribution in [0.15, 0.2) is 54.9 Å². The summed E-state index contributed by atoms with van der Waals surface area (Å²) in [7, 11) is 0. The summed E-state index contributed by atoms with van der Waals surface area (Å²) in [4.78, 5) is 31.9. The molecule has 35 heavy (non-hydrogen) atoms. The van der Waals surface area contributed by atoms with Crippen LogP contribution >= 0.6 is 11.6 Å². The van der Waals surface area contributed by atoms with E-state index in [4.69, 9.17) is 16.3 Å². The molecule has 9 heteroatoms. The number of imidazole rings is 1. The second-order valence-corrected chi connectivity index (χ2v) is 9.39. The van der Waals surface area contributed by atoms with Gasteiger partial charge in [0, 0.05) is 30.6 Å². The van der Waals surface area contributed by atoms with Gasteiger partial charge in [0.2, 0.25) is 5.91 Å². The number of piperidine rings is 1. The van der Waals surface area contributed by atoms with Gasteiger partial charge in [-0.1, -0.05) is 35.9 Å². The van der Waals surface area contributed by atoms with E-state index in [9.17, 15) is 14.0 Å². The van der Waals surface area contributed by atoms with E-state index >= 15 is 0 Å². The number of hydrogen-bond donors (Lipinski definition) is 1. The topological polar surface area (TPSA) is 76.5 Å². The smallest absolute Gasteiger partial charge is 0.274 e. The van der Waals surface area contributed by atoms with Crippen molar-refractivity contribution >= 4 is 23.4 Å². The Hall–Kier alpha value is -3.23. The van der Waals surface area contributed by atoms with E-state index in [2.05, 4.69) is 10.3 Å². The van der Waals surface area contributed by atoms with Gasteiger partial charge in [0.15, 0.2) is 5.69 Å². The van der Waals surface area contributed by atoms with E-state index in [1.807, 2.05) is 28.8 Å². The molecule has 0 aliphatic carbocycles. The molecule has 3 heterocycles. The number of benzene rings is 2. The number of nitrogens with one attached hydrogen (secondary N) is 1. The van der Waals surface area contributed by atoms with Crippen LogP contribution in [-0.2, 0) is 29.2 Å². The molecule has 3 aromatic rings. The van der Waals surface area contributed by atoms with Crippen LogP contribution in [0.4, 0.5) is 4.39 Å². The number of aromatic nitrogens is 2. The van der Waals surface area contributed by atoms with Crippen molar-refractivity contribution in [3.8, 4) is 0 Å². The number of nitrogens with zero attached hydrogens (tertiary/aromatic N) is 3. The van der Waals surface area contributed by atoms with Crippen molar-refractivity contribution < 1.29 is 18.7 Å². The molecule has 2 aliphatic rings. The number of ether oxygens (including phenoxy) is 1. The highest BCUT2D eigenvalue weighted by molar-refractivity contribution is 6.30. The van der Waals surface area contributed by atoms with Gasteiger partial charge in [0.1, 0.15) is 11.9 Å². The van der Waals surface area contributed by atoms with Crippen LogP contribution in [0.1, 0.15) is 46.3 Å². The fourth-order valence-electron chi connectivity index (χ4n) is 4.62. The third kappa shape index (κ3) is 5.23. The summed E-state index contributed by atoms with van der Waals surface area (Å²) >= 11 is 5.98. The minimum absolute atomic E-state index is 0.0394. The predicted molar refractivity (Wildman–Crippen MR) is 128 cm³/mol. The van der Waals surface area contributed by atoms with Gasteiger partial charge in [-0.05, 0) is 48.2 Å². The molecule has 5 rings (SSSR count). The van der Waals surface area contributed by atoms with Crippen LogP contribution < -0.4 is 5.32 Å². The maximum absolute atomic E-state index is 13.2. The van der Waals surface area contributed by atoms with Crippen LogP contribution in [-0.4, -0.2) is 39.4 Å². The van der Waals surface area contributed by atoms with Crippen molar-refractivity contribution in [2.75, 3.05) is 13.1 Å². The van der Waals surface area contributed by atoms with Crippen molar-refractivity contribution in [2.24, 2.45) is 5.92 Å². The lowest BCUT2D eigenvalue weighted by atomic mass is 9.95. The maximum Gasteiger partial charge on any atom is 0.274 e. The van der Waals surface area contributed by atoms with Gasteiger partial charge < -0.3 is 19.5 Å². The molecule has 182 valence electrons. The SMILES string of the molecule is O=C(NCc1ccc(F)cc1)C1CCN(C(=O)c2ncn3c2COC(c2ccc(Cl)cc2)C3)CC1. The molecule has 1 unspecified atom stereocenters. The predicted octanol–water partition coefficient (Wildman–Crippen LogP) is 4.12. The average Bonchev–Trinajstić information content (AvgIpc) is 3.31. The number of halogens is 2. The normalized spacial score (nSPS) is 18.2. The molecule has 2 aromatic carbocycles. The summed E-state index contributed by atoms with van der Waals surface area (Å²) in [5.41, 5.74) is 3.07. The lowest BCUT2D eigenvalue weighted by molar-refractivity contribution is -0.126. The zero-order chi connectivity index (χ0) is 24.4. The van der Waals surface area contributed by atoms with Crippen LogP contribution in [0.25, 0.3) is 0 Å². The first-order chi connectivity index (χ1) is 17.0. The van der Waals surface area contributed by atoms with E-state index in [0.717, 1.165) is 16.8 Å². The Balaban J connectivity index is 1.15. The first kappa shape index (κ1) is 23.5. The minimum atomic E-state index is -0.302. The molecule has 1 saturated heterocycles. The van der Waals surface area contributed by atoms with Crippen molar-refractivity contribution in [3.05, 3.63) is 88.2 Å². The Morgan fingerprint density at radius 2 is 1.80 bits per heavy atom. The summed E-state index contributed by atoms with van der Waals surface area (Å²) < 4.78 is 21.1. The maximum atomic E-state index is 13.2. The number of likely N-dealkylation sites (tertiary alicyclic amines) is 1. The molecular formula is C26H26ClFN4O3. The number of rotatable bonds is 5. The number of hydrogen-bond acceptors (Lipinski definition) is 4. The molecule has 1 atom stereocenters. The third-order valence-electron chi connectivity index (χ3n) is 6.71. The van der Waals surface area contributed by atoms with Crippen LogP contribution in [0.2, 0.25) is 5.02 Å². The Morgan fingerprint density at radius 3 is 2.51 bits per heavy atom. The first-order valence-corrected chi connectivity index (χ1v) is 12.1. The van der Waals surface area contributed by atoms with Crippen LogP contribution in [0.5, 0.6) is 0 Å². The zero-order valence-corrected chi connectivity index (χ0v) is 19.9. The molecule has 0 spiro atoms. The Labute approximate surface area is 207 Å². The highest BCUT2D eigenvalue weighted by Gasteiger charge is 2.32. The monoisotopic (exact) mass is 496 g/mol. The molecule has 2 aliphatic heterocycles. The second kappa shape index (κ2) is 10.2.